The first-order valence-corrected chi connectivity index (χ1v) is 37.2. The number of primary amides is 3. The van der Waals surface area contributed by atoms with Crippen molar-refractivity contribution in [3.8, 4) is 5.75 Å². The number of nitrogens with one attached hydrogen (secondary N) is 15. The molecule has 115 heavy (non-hydrogen) atoms. The number of nitrogens with zero attached hydrogens (tertiary/aromatic N) is 4. The van der Waals surface area contributed by atoms with E-state index < -0.39 is 186 Å². The van der Waals surface area contributed by atoms with Crippen molar-refractivity contribution in [1.82, 2.24) is 93.2 Å². The Labute approximate surface area is 661 Å². The lowest BCUT2D eigenvalue weighted by molar-refractivity contribution is -0.138. The Balaban J connectivity index is 1.26. The van der Waals surface area contributed by atoms with Crippen LogP contribution in [0.15, 0.2) is 96.6 Å². The standard InChI is InChI=1S/C75H105N23O17/c1-38(2)27-53(90-66(107)54(29-42-18-20-45(100)21-19-42)91-67(108)56(31-44-34-81-36-85-44)93-63(104)50(15-12-26-83-75(80)115)87-60(103)35-98-37-86-49-22-17-40(5)28-47(49)72(98)113)65(106)94-57(32-59(77)102)68(109)92-55(30-43-33-84-48-14-10-9-13-46(43)48)69(110)95-61(39(3)4)70(111)96-62(41(6)99)71(112)88-51(16-11-25-82-74(78)79)64(105)89-52(23-24-58(76)101)73(114)97(7)8/h9-10,13-14,17-22,28,33-34,36-39,41,50-57,61-62,84,99-100H,11-12,15-16,23-27,29-32,35H2,1-8H3,(H2,76,101)(H2,77,102)(H,81,85)(H,87,103)(H,88,112)(H,89,105)(H,90,107)(H,91,108)(H,92,109)(H,93,104)(H,94,106)(H,95,110)(H,96,111)(H4,78,79,82)(H3,80,83,115)/t41-,50+,51+,52+,53+,54+,55+,56+,57+,61+,62+/m1/s1. The van der Waals surface area contributed by atoms with E-state index in [1.165, 1.54) is 76.0 Å². The number of aromatic amines is 2. The van der Waals surface area contributed by atoms with E-state index in [0.717, 1.165) is 17.1 Å². The number of benzene rings is 3. The number of likely N-dealkylation sites (N-methyl/N-ethyl adjacent to an activating group) is 1. The van der Waals surface area contributed by atoms with Crippen LogP contribution in [0.2, 0.25) is 0 Å². The number of aryl methyl sites for hydroxylation is 1. The summed E-state index contributed by atoms with van der Waals surface area (Å²) in [5.74, 6) is -14.3. The fourth-order valence-electron chi connectivity index (χ4n) is 12.3. The van der Waals surface area contributed by atoms with Gasteiger partial charge in [-0.3, -0.25) is 77.1 Å². The molecule has 0 saturated heterocycles. The highest BCUT2D eigenvalue weighted by Gasteiger charge is 2.39. The number of aromatic nitrogens is 5. The second-order valence-electron chi connectivity index (χ2n) is 28.9. The number of phenolic OH excluding ortho intramolecular Hbond substituents is 1. The molecule has 3 aromatic heterocycles. The van der Waals surface area contributed by atoms with Gasteiger partial charge in [-0.25, -0.2) is 14.8 Å². The van der Waals surface area contributed by atoms with E-state index in [0.29, 0.717) is 27.5 Å². The van der Waals surface area contributed by atoms with Gasteiger partial charge in [0.2, 0.25) is 76.8 Å². The van der Waals surface area contributed by atoms with E-state index >= 15 is 4.79 Å². The lowest BCUT2D eigenvalue weighted by Crippen LogP contribution is -2.63. The molecule has 622 valence electrons. The molecule has 3 heterocycles. The summed E-state index contributed by atoms with van der Waals surface area (Å²) >= 11 is 0. The maximum atomic E-state index is 15.0. The Kier molecular flexibility index (Phi) is 34.5. The van der Waals surface area contributed by atoms with E-state index in [1.54, 1.807) is 69.4 Å². The zero-order valence-corrected chi connectivity index (χ0v) is 65.2. The fraction of sp³-hybridized carbons (Fsp3) is 0.467. The Morgan fingerprint density at radius 2 is 1.10 bits per heavy atom. The lowest BCUT2D eigenvalue weighted by atomic mass is 9.99. The summed E-state index contributed by atoms with van der Waals surface area (Å²) in [6.45, 7) is 8.79. The van der Waals surface area contributed by atoms with E-state index in [4.69, 9.17) is 28.3 Å². The van der Waals surface area contributed by atoms with Crippen molar-refractivity contribution in [3.05, 3.63) is 125 Å². The summed E-state index contributed by atoms with van der Waals surface area (Å²) in [6.07, 6.45) is 1.07. The summed E-state index contributed by atoms with van der Waals surface area (Å²) in [4.78, 5) is 224. The molecule has 3 aromatic carbocycles. The Hall–Kier alpha value is -13.0. The number of rotatable bonds is 45. The SMILES string of the molecule is Cc1ccc2ncn(CC(=O)N[C@@H](CCCNC(N)=O)C(=O)N[C@@H](Cc3c[nH]cn3)C(=O)N[C@@H](Cc3ccc(O)cc3)C(=O)N[C@@H](CC(C)C)C(=O)N[C@@H](CC(N)=O)C(=O)N[C@@H](Cc3c[nH]c4ccccc34)C(=O)N[C@H](C(=O)N[C@H](C(=O)N[C@@H](CCCNC(=N)N)C(=O)N[C@@H](CCC(N)=O)C(=O)N(C)C)[C@@H](C)O)C(C)C)c(=O)c2c1. The third-order valence-electron chi connectivity index (χ3n) is 18.3. The molecule has 15 amide bonds. The molecule has 0 fully saturated rings. The van der Waals surface area contributed by atoms with Gasteiger partial charge in [0.1, 0.15) is 72.7 Å². The number of carbonyl (C=O) groups is 14. The average molecular weight is 1600 g/mol. The van der Waals surface area contributed by atoms with E-state index in [2.05, 4.69) is 83.7 Å². The number of amides is 15. The molecule has 40 nitrogen and oxygen atoms in total. The number of phenols is 1. The molecule has 6 rings (SSSR count). The van der Waals surface area contributed by atoms with Crippen LogP contribution < -0.4 is 92.3 Å². The molecular formula is C75H105N23O17. The highest BCUT2D eigenvalue weighted by atomic mass is 16.3. The quantitative estimate of drug-likeness (QED) is 0.00991. The molecule has 0 saturated carbocycles. The monoisotopic (exact) mass is 1600 g/mol. The molecule has 0 spiro atoms. The van der Waals surface area contributed by atoms with Crippen LogP contribution in [0.3, 0.4) is 0 Å². The number of hydrogen-bond donors (Lipinski definition) is 21. The predicted octanol–water partition coefficient (Wildman–Crippen LogP) is -3.79. The van der Waals surface area contributed by atoms with Crippen LogP contribution in [0.5, 0.6) is 5.75 Å². The molecule has 25 N–H and O–H groups in total. The normalized spacial score (nSPS) is 14.1. The number of aliphatic hydroxyl groups excluding tert-OH is 1. The lowest BCUT2D eigenvalue weighted by Gasteiger charge is -2.30. The number of guanidine groups is 1. The van der Waals surface area contributed by atoms with Gasteiger partial charge >= 0.3 is 6.03 Å². The third-order valence-corrected chi connectivity index (χ3v) is 18.3. The number of imidazole rings is 1. The van der Waals surface area contributed by atoms with Crippen LogP contribution in [-0.2, 0) is 88.1 Å². The molecule has 0 aliphatic rings. The van der Waals surface area contributed by atoms with Gasteiger partial charge in [0.15, 0.2) is 5.96 Å². The summed E-state index contributed by atoms with van der Waals surface area (Å²) < 4.78 is 1.05. The molecule has 40 heteroatoms. The second-order valence-corrected chi connectivity index (χ2v) is 28.9. The number of fused-ring (bicyclic) bond motifs is 2. The largest absolute Gasteiger partial charge is 0.508 e. The van der Waals surface area contributed by atoms with Crippen molar-refractivity contribution >= 4 is 111 Å². The van der Waals surface area contributed by atoms with E-state index in [9.17, 15) is 77.3 Å². The Bertz CT molecular complexity index is 4510. The number of para-hydroxylation sites is 1. The topological polar surface area (TPSA) is 634 Å². The van der Waals surface area contributed by atoms with Crippen LogP contribution in [0.25, 0.3) is 21.8 Å². The number of H-pyrrole nitrogens is 2. The average Bonchev–Trinajstić information content (AvgIpc) is 0.953. The van der Waals surface area contributed by atoms with Crippen molar-refractivity contribution in [2.24, 2.45) is 34.8 Å². The minimum absolute atomic E-state index is 0.0438. The van der Waals surface area contributed by atoms with Crippen molar-refractivity contribution in [2.45, 2.75) is 185 Å². The van der Waals surface area contributed by atoms with Gasteiger partial charge in [-0.1, -0.05) is 69.7 Å². The summed E-state index contributed by atoms with van der Waals surface area (Å²) in [5, 5.41) is 60.5. The van der Waals surface area contributed by atoms with Crippen LogP contribution in [0, 0.1) is 24.2 Å². The third kappa shape index (κ3) is 28.9. The molecule has 11 atom stereocenters. The molecule has 0 bridgehead atoms. The van der Waals surface area contributed by atoms with Crippen molar-refractivity contribution in [1.29, 1.82) is 5.41 Å². The zero-order valence-electron chi connectivity index (χ0n) is 65.2. The fourth-order valence-corrected chi connectivity index (χ4v) is 12.3. The molecule has 0 unspecified atom stereocenters. The minimum Gasteiger partial charge on any atom is -0.508 e. The number of urea groups is 1. The highest BCUT2D eigenvalue weighted by Crippen LogP contribution is 2.21. The predicted molar refractivity (Wildman–Crippen MR) is 419 cm³/mol. The molecule has 0 aliphatic carbocycles. The maximum Gasteiger partial charge on any atom is 0.312 e. The van der Waals surface area contributed by atoms with E-state index in [1.807, 2.05) is 0 Å². The van der Waals surface area contributed by atoms with Crippen LogP contribution in [-0.4, -0.2) is 222 Å². The van der Waals surface area contributed by atoms with Crippen LogP contribution >= 0.6 is 0 Å². The number of carbonyl (C=O) groups excluding carboxylic acids is 14. The van der Waals surface area contributed by atoms with Gasteiger partial charge in [-0.05, 0) is 106 Å². The smallest absolute Gasteiger partial charge is 0.312 e. The van der Waals surface area contributed by atoms with Gasteiger partial charge in [-0.15, -0.1) is 0 Å². The summed E-state index contributed by atoms with van der Waals surface area (Å²) in [5.41, 5.74) is 24.1. The van der Waals surface area contributed by atoms with Crippen LogP contribution in [0.4, 0.5) is 4.79 Å². The van der Waals surface area contributed by atoms with Gasteiger partial charge in [0.25, 0.3) is 5.56 Å². The molecule has 6 aromatic rings. The number of aliphatic hydroxyl groups is 1. The second kappa shape index (κ2) is 43.7. The van der Waals surface area contributed by atoms with Gasteiger partial charge in [0, 0.05) is 76.2 Å². The first-order chi connectivity index (χ1) is 54.4. The van der Waals surface area contributed by atoms with Gasteiger partial charge in [-0.2, -0.15) is 0 Å². The number of aromatic hydroxyl groups is 1. The number of nitrogens with two attached hydrogens (primary N) is 4. The van der Waals surface area contributed by atoms with Crippen molar-refractivity contribution < 1.29 is 77.3 Å². The summed E-state index contributed by atoms with van der Waals surface area (Å²) in [7, 11) is 2.83. The minimum atomic E-state index is -1.90. The molecule has 0 radical (unpaired) electrons. The van der Waals surface area contributed by atoms with Gasteiger partial charge < -0.3 is 112 Å². The first kappa shape index (κ1) is 90.8. The number of hydrogen-bond acceptors (Lipinski definition) is 20. The van der Waals surface area contributed by atoms with E-state index in [-0.39, 0.29) is 94.1 Å². The first-order valence-electron chi connectivity index (χ1n) is 37.2. The molecular weight excluding hydrogens is 1490 g/mol. The summed E-state index contributed by atoms with van der Waals surface area (Å²) in [6, 6.07) is 0.640. The Morgan fingerprint density at radius 3 is 1.69 bits per heavy atom. The Morgan fingerprint density at radius 1 is 0.565 bits per heavy atom. The van der Waals surface area contributed by atoms with Gasteiger partial charge in [0.05, 0.1) is 41.8 Å². The molecule has 0 aliphatic heterocycles. The van der Waals surface area contributed by atoms with Crippen molar-refractivity contribution in [2.75, 3.05) is 27.2 Å². The van der Waals surface area contributed by atoms with Crippen molar-refractivity contribution in [3.63, 3.8) is 0 Å². The highest BCUT2D eigenvalue weighted by molar-refractivity contribution is 6.01. The van der Waals surface area contributed by atoms with Crippen LogP contribution in [0.1, 0.15) is 108 Å². The maximum absolute atomic E-state index is 15.0. The zero-order chi connectivity index (χ0) is 84.9.